The normalized spacial score (nSPS) is 11.6. The standard InChI is InChI=1S/C30H32N6O6/c37-27(22-8-3-1-4-9-22)31-14-16-38-18-19-39-17-15-32-28-34-29(36-30(35-28)42-24-11-5-2-6-12-24)33-20-23-10-7-13-25-26(23)41-21-40-25/h1-13H,14-21H2,(H,31,37)(H2,32,33,34,35,36). The molecular formula is C30H32N6O6. The highest BCUT2D eigenvalue weighted by Gasteiger charge is 2.17. The summed E-state index contributed by atoms with van der Waals surface area (Å²) < 4.78 is 28.1. The Labute approximate surface area is 243 Å². The molecular weight excluding hydrogens is 540 g/mol. The van der Waals surface area contributed by atoms with Crippen molar-refractivity contribution in [2.24, 2.45) is 0 Å². The van der Waals surface area contributed by atoms with Gasteiger partial charge in [-0.1, -0.05) is 48.5 Å². The number of amides is 1. The molecule has 4 aromatic rings. The second kappa shape index (κ2) is 15.2. The van der Waals surface area contributed by atoms with Crippen LogP contribution in [0.5, 0.6) is 23.3 Å². The van der Waals surface area contributed by atoms with Gasteiger partial charge in [0, 0.05) is 30.8 Å². The average Bonchev–Trinajstić information content (AvgIpc) is 3.51. The van der Waals surface area contributed by atoms with Gasteiger partial charge < -0.3 is 39.6 Å². The number of nitrogens with one attached hydrogen (secondary N) is 3. The van der Waals surface area contributed by atoms with E-state index in [0.29, 0.717) is 80.8 Å². The number of benzene rings is 3. The van der Waals surface area contributed by atoms with Gasteiger partial charge in [-0.2, -0.15) is 15.0 Å². The van der Waals surface area contributed by atoms with Gasteiger partial charge >= 0.3 is 6.01 Å². The number of ether oxygens (including phenoxy) is 5. The highest BCUT2D eigenvalue weighted by Crippen LogP contribution is 2.35. The summed E-state index contributed by atoms with van der Waals surface area (Å²) in [6, 6.07) is 24.2. The Bertz CT molecular complexity index is 1430. The number of hydrogen-bond donors (Lipinski definition) is 3. The van der Waals surface area contributed by atoms with Crippen molar-refractivity contribution in [3.05, 3.63) is 90.0 Å². The smallest absolute Gasteiger partial charge is 0.328 e. The number of anilines is 2. The molecule has 1 aromatic heterocycles. The number of para-hydroxylation sites is 2. The Morgan fingerprint density at radius 1 is 0.738 bits per heavy atom. The predicted octanol–water partition coefficient (Wildman–Crippen LogP) is 3.88. The summed E-state index contributed by atoms with van der Waals surface area (Å²) in [4.78, 5) is 25.3. The minimum Gasteiger partial charge on any atom is -0.454 e. The molecule has 0 fully saturated rings. The van der Waals surface area contributed by atoms with Crippen LogP contribution in [0.3, 0.4) is 0 Å². The Morgan fingerprint density at radius 3 is 2.24 bits per heavy atom. The van der Waals surface area contributed by atoms with Gasteiger partial charge in [0.05, 0.1) is 26.4 Å². The molecule has 12 nitrogen and oxygen atoms in total. The predicted molar refractivity (Wildman–Crippen MR) is 155 cm³/mol. The summed E-state index contributed by atoms with van der Waals surface area (Å²) in [6.07, 6.45) is 0. The zero-order valence-electron chi connectivity index (χ0n) is 23.0. The second-order valence-corrected chi connectivity index (χ2v) is 8.96. The third kappa shape index (κ3) is 8.53. The van der Waals surface area contributed by atoms with Crippen molar-refractivity contribution in [2.75, 3.05) is 56.9 Å². The minimum atomic E-state index is -0.122. The molecule has 0 bridgehead atoms. The molecule has 0 aliphatic carbocycles. The van der Waals surface area contributed by atoms with E-state index in [1.807, 2.05) is 66.7 Å². The molecule has 0 radical (unpaired) electrons. The quantitative estimate of drug-likeness (QED) is 0.169. The van der Waals surface area contributed by atoms with Gasteiger partial charge in [0.1, 0.15) is 5.75 Å². The molecule has 218 valence electrons. The third-order valence-corrected chi connectivity index (χ3v) is 5.95. The van der Waals surface area contributed by atoms with Crippen molar-refractivity contribution in [3.63, 3.8) is 0 Å². The maximum absolute atomic E-state index is 12.0. The highest BCUT2D eigenvalue weighted by molar-refractivity contribution is 5.94. The highest BCUT2D eigenvalue weighted by atomic mass is 16.7. The summed E-state index contributed by atoms with van der Waals surface area (Å²) in [5.74, 6) is 2.57. The van der Waals surface area contributed by atoms with Crippen molar-refractivity contribution in [1.29, 1.82) is 0 Å². The molecule has 0 atom stereocenters. The molecule has 1 aliphatic heterocycles. The summed E-state index contributed by atoms with van der Waals surface area (Å²) in [6.45, 7) is 3.12. The van der Waals surface area contributed by atoms with Gasteiger partial charge in [-0.05, 0) is 30.3 Å². The van der Waals surface area contributed by atoms with E-state index in [-0.39, 0.29) is 18.7 Å². The van der Waals surface area contributed by atoms with E-state index < -0.39 is 0 Å². The van der Waals surface area contributed by atoms with Crippen LogP contribution in [0, 0.1) is 0 Å². The lowest BCUT2D eigenvalue weighted by atomic mass is 10.2. The number of rotatable bonds is 16. The van der Waals surface area contributed by atoms with E-state index in [1.165, 1.54) is 0 Å². The van der Waals surface area contributed by atoms with E-state index in [1.54, 1.807) is 12.1 Å². The van der Waals surface area contributed by atoms with Crippen molar-refractivity contribution in [1.82, 2.24) is 20.3 Å². The maximum atomic E-state index is 12.0. The monoisotopic (exact) mass is 572 g/mol. The van der Waals surface area contributed by atoms with Gasteiger partial charge in [-0.25, -0.2) is 0 Å². The summed E-state index contributed by atoms with van der Waals surface area (Å²) in [5, 5.41) is 9.19. The number of carbonyl (C=O) groups is 1. The fourth-order valence-electron chi connectivity index (χ4n) is 3.94. The molecule has 0 spiro atoms. The van der Waals surface area contributed by atoms with E-state index >= 15 is 0 Å². The molecule has 3 aromatic carbocycles. The second-order valence-electron chi connectivity index (χ2n) is 8.96. The number of hydrogen-bond acceptors (Lipinski definition) is 11. The SMILES string of the molecule is O=C(NCCOCCOCCNc1nc(NCc2cccc3c2OCO3)nc(Oc2ccccc2)n1)c1ccccc1. The topological polar surface area (TPSA) is 138 Å². The fraction of sp³-hybridized carbons (Fsp3) is 0.267. The molecule has 12 heteroatoms. The Kier molecular flexibility index (Phi) is 10.3. The van der Waals surface area contributed by atoms with Crippen LogP contribution in [-0.2, 0) is 16.0 Å². The molecule has 0 saturated heterocycles. The molecule has 2 heterocycles. The molecule has 1 amide bonds. The lowest BCUT2D eigenvalue weighted by molar-refractivity contribution is 0.0519. The lowest BCUT2D eigenvalue weighted by Crippen LogP contribution is -2.27. The zero-order chi connectivity index (χ0) is 28.8. The van der Waals surface area contributed by atoms with Crippen LogP contribution >= 0.6 is 0 Å². The fourth-order valence-corrected chi connectivity index (χ4v) is 3.94. The van der Waals surface area contributed by atoms with Crippen LogP contribution in [0.1, 0.15) is 15.9 Å². The number of nitrogens with zero attached hydrogens (tertiary/aromatic N) is 3. The summed E-state index contributed by atoms with van der Waals surface area (Å²) in [7, 11) is 0. The molecule has 1 aliphatic rings. The largest absolute Gasteiger partial charge is 0.454 e. The Hall–Kier alpha value is -4.94. The van der Waals surface area contributed by atoms with Gasteiger partial charge in [-0.15, -0.1) is 0 Å². The van der Waals surface area contributed by atoms with Crippen LogP contribution in [0.2, 0.25) is 0 Å². The van der Waals surface area contributed by atoms with Crippen LogP contribution in [0.4, 0.5) is 11.9 Å². The van der Waals surface area contributed by atoms with Gasteiger partial charge in [0.15, 0.2) is 11.5 Å². The third-order valence-electron chi connectivity index (χ3n) is 5.95. The van der Waals surface area contributed by atoms with Crippen molar-refractivity contribution in [3.8, 4) is 23.3 Å². The number of carbonyl (C=O) groups excluding carboxylic acids is 1. The first kappa shape index (κ1) is 28.6. The van der Waals surface area contributed by atoms with Gasteiger partial charge in [-0.3, -0.25) is 4.79 Å². The molecule has 3 N–H and O–H groups in total. The maximum Gasteiger partial charge on any atom is 0.328 e. The van der Waals surface area contributed by atoms with E-state index in [0.717, 1.165) is 5.56 Å². The number of aromatic nitrogens is 3. The first-order chi connectivity index (χ1) is 20.7. The number of fused-ring (bicyclic) bond motifs is 1. The zero-order valence-corrected chi connectivity index (χ0v) is 23.0. The molecule has 42 heavy (non-hydrogen) atoms. The Balaban J connectivity index is 1.05. The summed E-state index contributed by atoms with van der Waals surface area (Å²) in [5.41, 5.74) is 1.54. The molecule has 0 unspecified atom stereocenters. The van der Waals surface area contributed by atoms with Crippen LogP contribution in [0.25, 0.3) is 0 Å². The minimum absolute atomic E-state index is 0.122. The van der Waals surface area contributed by atoms with Gasteiger partial charge in [0.2, 0.25) is 18.7 Å². The van der Waals surface area contributed by atoms with Crippen molar-refractivity contribution >= 4 is 17.8 Å². The molecule has 0 saturated carbocycles. The first-order valence-electron chi connectivity index (χ1n) is 13.6. The first-order valence-corrected chi connectivity index (χ1v) is 13.6. The van der Waals surface area contributed by atoms with Crippen LogP contribution < -0.4 is 30.2 Å². The van der Waals surface area contributed by atoms with Crippen LogP contribution in [0.15, 0.2) is 78.9 Å². The summed E-state index contributed by atoms with van der Waals surface area (Å²) >= 11 is 0. The Morgan fingerprint density at radius 2 is 1.45 bits per heavy atom. The van der Waals surface area contributed by atoms with Crippen LogP contribution in [-0.4, -0.2) is 67.2 Å². The van der Waals surface area contributed by atoms with E-state index in [2.05, 4.69) is 30.9 Å². The average molecular weight is 573 g/mol. The van der Waals surface area contributed by atoms with Crippen molar-refractivity contribution in [2.45, 2.75) is 6.54 Å². The molecule has 5 rings (SSSR count). The lowest BCUT2D eigenvalue weighted by Gasteiger charge is -2.12. The van der Waals surface area contributed by atoms with E-state index in [4.69, 9.17) is 23.7 Å². The van der Waals surface area contributed by atoms with Gasteiger partial charge in [0.25, 0.3) is 5.91 Å². The van der Waals surface area contributed by atoms with Crippen molar-refractivity contribution < 1.29 is 28.5 Å². The van der Waals surface area contributed by atoms with E-state index in [9.17, 15) is 4.79 Å².